The van der Waals surface area contributed by atoms with E-state index in [2.05, 4.69) is 4.98 Å². The SMILES string of the molecule is CN1C(=O)[C@]2(c3cc(F)ccc31)N(C)C[C@@H](c1ccccn1)[C@@]21SC(=S)N(Cc2ccco2)C1=O. The van der Waals surface area contributed by atoms with Crippen molar-refractivity contribution in [2.45, 2.75) is 22.7 Å². The summed E-state index contributed by atoms with van der Waals surface area (Å²) in [4.78, 5) is 38.2. The first kappa shape index (κ1) is 22.4. The number of thiocarbonyl (C=S) groups is 1. The van der Waals surface area contributed by atoms with Crippen LogP contribution in [0.2, 0.25) is 0 Å². The van der Waals surface area contributed by atoms with E-state index in [4.69, 9.17) is 16.6 Å². The van der Waals surface area contributed by atoms with Crippen molar-refractivity contribution in [2.24, 2.45) is 0 Å². The Kier molecular flexibility index (Phi) is 4.93. The molecule has 0 saturated carbocycles. The van der Waals surface area contributed by atoms with Crippen LogP contribution >= 0.6 is 24.0 Å². The first-order valence-electron chi connectivity index (χ1n) is 11.1. The van der Waals surface area contributed by atoms with E-state index in [9.17, 15) is 14.0 Å². The molecule has 0 unspecified atom stereocenters. The quantitative estimate of drug-likeness (QED) is 0.502. The Balaban J connectivity index is 1.62. The van der Waals surface area contributed by atoms with E-state index in [-0.39, 0.29) is 18.4 Å². The van der Waals surface area contributed by atoms with Gasteiger partial charge < -0.3 is 9.32 Å². The van der Waals surface area contributed by atoms with E-state index >= 15 is 0 Å². The van der Waals surface area contributed by atoms with Crippen LogP contribution in [-0.2, 0) is 21.7 Å². The van der Waals surface area contributed by atoms with Crippen LogP contribution in [0.4, 0.5) is 10.1 Å². The number of aromatic nitrogens is 1. The van der Waals surface area contributed by atoms with Crippen LogP contribution in [-0.4, -0.2) is 56.3 Å². The Morgan fingerprint density at radius 3 is 2.71 bits per heavy atom. The number of anilines is 1. The second kappa shape index (κ2) is 7.71. The van der Waals surface area contributed by atoms with Crippen LogP contribution < -0.4 is 4.90 Å². The molecule has 3 atom stereocenters. The van der Waals surface area contributed by atoms with Gasteiger partial charge in [-0.2, -0.15) is 0 Å². The fraction of sp³-hybridized carbons (Fsp3) is 0.280. The summed E-state index contributed by atoms with van der Waals surface area (Å²) < 4.78 is 19.1. The Bertz CT molecular complexity index is 1370. The maximum atomic E-state index is 14.7. The Hall–Kier alpha value is -3.08. The zero-order valence-corrected chi connectivity index (χ0v) is 20.6. The van der Waals surface area contributed by atoms with Crippen LogP contribution in [0.25, 0.3) is 0 Å². The third kappa shape index (κ3) is 2.75. The summed E-state index contributed by atoms with van der Waals surface area (Å²) in [6.07, 6.45) is 3.21. The predicted molar refractivity (Wildman–Crippen MR) is 133 cm³/mol. The number of fused-ring (bicyclic) bond motifs is 3. The first-order chi connectivity index (χ1) is 16.8. The molecule has 5 heterocycles. The van der Waals surface area contributed by atoms with Crippen molar-refractivity contribution in [3.63, 3.8) is 0 Å². The zero-order chi connectivity index (χ0) is 24.5. The third-order valence-corrected chi connectivity index (χ3v) is 9.29. The molecule has 10 heteroatoms. The number of thioether (sulfide) groups is 1. The second-order valence-corrected chi connectivity index (χ2v) is 10.9. The summed E-state index contributed by atoms with van der Waals surface area (Å²) in [5, 5.41) is 0. The van der Waals surface area contributed by atoms with Crippen molar-refractivity contribution in [3.05, 3.63) is 83.8 Å². The number of hydrogen-bond donors (Lipinski definition) is 0. The van der Waals surface area contributed by atoms with Crippen molar-refractivity contribution >= 4 is 45.8 Å². The lowest BCUT2D eigenvalue weighted by atomic mass is 9.72. The van der Waals surface area contributed by atoms with Gasteiger partial charge in [-0.25, -0.2) is 4.39 Å². The van der Waals surface area contributed by atoms with Crippen LogP contribution in [0.15, 0.2) is 65.4 Å². The van der Waals surface area contributed by atoms with Crippen LogP contribution in [0.1, 0.15) is 22.9 Å². The molecule has 3 aromatic rings. The highest BCUT2D eigenvalue weighted by molar-refractivity contribution is 8.25. The van der Waals surface area contributed by atoms with Crippen molar-refractivity contribution < 1.29 is 18.4 Å². The van der Waals surface area contributed by atoms with Crippen molar-refractivity contribution in [1.29, 1.82) is 0 Å². The number of carbonyl (C=O) groups excluding carboxylic acids is 2. The number of likely N-dealkylation sites (tertiary alicyclic amines) is 1. The van der Waals surface area contributed by atoms with E-state index in [0.29, 0.717) is 33.6 Å². The summed E-state index contributed by atoms with van der Waals surface area (Å²) in [5.41, 5.74) is 0.257. The second-order valence-electron chi connectivity index (χ2n) is 9.00. The number of likely N-dealkylation sites (N-methyl/N-ethyl adjacent to an activating group) is 2. The predicted octanol–water partition coefficient (Wildman–Crippen LogP) is 3.51. The molecule has 7 nitrogen and oxygen atoms in total. The summed E-state index contributed by atoms with van der Waals surface area (Å²) >= 11 is 6.95. The molecule has 2 amide bonds. The highest BCUT2D eigenvalue weighted by Crippen LogP contribution is 2.66. The number of furan rings is 1. The molecule has 2 fully saturated rings. The van der Waals surface area contributed by atoms with E-state index in [0.717, 1.165) is 0 Å². The van der Waals surface area contributed by atoms with Gasteiger partial charge in [-0.05, 0) is 49.5 Å². The van der Waals surface area contributed by atoms with E-state index in [1.807, 2.05) is 24.1 Å². The maximum absolute atomic E-state index is 14.7. The average Bonchev–Trinajstić information content (AvgIpc) is 3.57. The third-order valence-electron chi connectivity index (χ3n) is 7.35. The molecule has 0 bridgehead atoms. The number of rotatable bonds is 3. The number of halogens is 1. The van der Waals surface area contributed by atoms with E-state index in [1.54, 1.807) is 37.5 Å². The van der Waals surface area contributed by atoms with Gasteiger partial charge in [0.05, 0.1) is 12.8 Å². The van der Waals surface area contributed by atoms with Crippen LogP contribution in [0.3, 0.4) is 0 Å². The van der Waals surface area contributed by atoms with Crippen molar-refractivity contribution in [1.82, 2.24) is 14.8 Å². The fourth-order valence-electron chi connectivity index (χ4n) is 5.91. The molecule has 35 heavy (non-hydrogen) atoms. The molecule has 1 aromatic carbocycles. The monoisotopic (exact) mass is 508 g/mol. The van der Waals surface area contributed by atoms with Crippen LogP contribution in [0, 0.1) is 5.82 Å². The summed E-state index contributed by atoms with van der Waals surface area (Å²) in [7, 11) is 3.47. The smallest absolute Gasteiger partial charge is 0.254 e. The molecule has 0 radical (unpaired) electrons. The number of hydrogen-bond acceptors (Lipinski definition) is 7. The lowest BCUT2D eigenvalue weighted by Crippen LogP contribution is -2.62. The molecule has 2 aromatic heterocycles. The number of carbonyl (C=O) groups is 2. The first-order valence-corrected chi connectivity index (χ1v) is 12.3. The number of benzene rings is 1. The van der Waals surface area contributed by atoms with Gasteiger partial charge in [-0.3, -0.25) is 24.4 Å². The fourth-order valence-corrected chi connectivity index (χ4v) is 8.02. The molecular weight excluding hydrogens is 487 g/mol. The minimum absolute atomic E-state index is 0.147. The molecule has 6 rings (SSSR count). The minimum atomic E-state index is -1.47. The van der Waals surface area contributed by atoms with Gasteiger partial charge in [-0.15, -0.1) is 0 Å². The number of amides is 2. The van der Waals surface area contributed by atoms with E-state index in [1.165, 1.54) is 40.0 Å². The van der Waals surface area contributed by atoms with Crippen molar-refractivity contribution in [2.75, 3.05) is 25.5 Å². The Morgan fingerprint density at radius 2 is 2.00 bits per heavy atom. The van der Waals surface area contributed by atoms with Gasteiger partial charge in [0.15, 0.2) is 5.54 Å². The summed E-state index contributed by atoms with van der Waals surface area (Å²) in [5.74, 6) is -0.960. The number of nitrogens with zero attached hydrogens (tertiary/aromatic N) is 4. The molecule has 0 aliphatic carbocycles. The summed E-state index contributed by atoms with van der Waals surface area (Å²) in [6, 6.07) is 13.4. The molecule has 3 aliphatic heterocycles. The number of pyridine rings is 1. The molecule has 178 valence electrons. The molecule has 3 aliphatic rings. The van der Waals surface area contributed by atoms with Crippen molar-refractivity contribution in [3.8, 4) is 0 Å². The lowest BCUT2D eigenvalue weighted by molar-refractivity contribution is -0.139. The standard InChI is InChI=1S/C25H21FN4O3S2/c1-28-14-18(19-7-3-4-10-27-19)25(22(32)30(23(34)35-25)13-16-6-5-11-33-16)24(28)17-12-15(26)8-9-20(17)29(2)21(24)31/h3-12,18H,13-14H2,1-2H3/t18-,24-,25-/m0/s1. The summed E-state index contributed by atoms with van der Waals surface area (Å²) in [6.45, 7) is 0.511. The van der Waals surface area contributed by atoms with Crippen LogP contribution in [0.5, 0.6) is 0 Å². The van der Waals surface area contributed by atoms with Gasteiger partial charge in [0.1, 0.15) is 20.6 Å². The minimum Gasteiger partial charge on any atom is -0.467 e. The largest absolute Gasteiger partial charge is 0.467 e. The molecular formula is C25H21FN4O3S2. The highest BCUT2D eigenvalue weighted by Gasteiger charge is 2.78. The van der Waals surface area contributed by atoms with Gasteiger partial charge in [0, 0.05) is 42.7 Å². The maximum Gasteiger partial charge on any atom is 0.254 e. The molecule has 0 N–H and O–H groups in total. The van der Waals surface area contributed by atoms with Gasteiger partial charge in [0.2, 0.25) is 5.91 Å². The normalized spacial score (nSPS) is 28.2. The van der Waals surface area contributed by atoms with Gasteiger partial charge in [-0.1, -0.05) is 30.0 Å². The van der Waals surface area contributed by atoms with E-state index < -0.39 is 22.0 Å². The topological polar surface area (TPSA) is 69.9 Å². The highest BCUT2D eigenvalue weighted by atomic mass is 32.2. The molecule has 2 saturated heterocycles. The Morgan fingerprint density at radius 1 is 1.17 bits per heavy atom. The van der Waals surface area contributed by atoms with Gasteiger partial charge >= 0.3 is 0 Å². The Labute approximate surface area is 210 Å². The van der Waals surface area contributed by atoms with Gasteiger partial charge in [0.25, 0.3) is 5.91 Å². The molecule has 2 spiro atoms. The zero-order valence-electron chi connectivity index (χ0n) is 19.0. The lowest BCUT2D eigenvalue weighted by Gasteiger charge is -2.42. The average molecular weight is 509 g/mol.